The first kappa shape index (κ1) is 19.2. The quantitative estimate of drug-likeness (QED) is 0.394. The number of ether oxygens (including phenoxy) is 1. The Morgan fingerprint density at radius 3 is 2.76 bits per heavy atom. The number of tetrazole rings is 1. The summed E-state index contributed by atoms with van der Waals surface area (Å²) in [6, 6.07) is 9.86. The van der Waals surface area contributed by atoms with E-state index >= 15 is 0 Å². The predicted molar refractivity (Wildman–Crippen MR) is 102 cm³/mol. The van der Waals surface area contributed by atoms with Crippen LogP contribution in [0.5, 0.6) is 5.75 Å². The molecule has 2 aromatic heterocycles. The van der Waals surface area contributed by atoms with Crippen LogP contribution in [0.25, 0.3) is 22.6 Å². The van der Waals surface area contributed by atoms with E-state index in [1.807, 2.05) is 18.2 Å². The van der Waals surface area contributed by atoms with Gasteiger partial charge in [0.05, 0.1) is 0 Å². The number of aromatic amines is 1. The molecule has 0 saturated heterocycles. The monoisotopic (exact) mass is 467 g/mol. The number of H-pyrrole nitrogens is 1. The van der Waals surface area contributed by atoms with Crippen LogP contribution in [0.3, 0.4) is 0 Å². The molecule has 4 rings (SSSR count). The highest BCUT2D eigenvalue weighted by Crippen LogP contribution is 2.31. The summed E-state index contributed by atoms with van der Waals surface area (Å²) < 4.78 is 48.9. The van der Waals surface area contributed by atoms with Gasteiger partial charge in [0, 0.05) is 27.7 Å². The number of halogens is 4. The van der Waals surface area contributed by atoms with Gasteiger partial charge < -0.3 is 14.5 Å². The Labute approximate surface area is 170 Å². The summed E-state index contributed by atoms with van der Waals surface area (Å²) in [5.74, 6) is 0.742. The van der Waals surface area contributed by atoms with Gasteiger partial charge in [0.25, 0.3) is 0 Å². The smallest absolute Gasteiger partial charge is 0.387 e. The van der Waals surface area contributed by atoms with E-state index in [2.05, 4.69) is 46.6 Å². The van der Waals surface area contributed by atoms with Gasteiger partial charge >= 0.3 is 6.61 Å². The van der Waals surface area contributed by atoms with Gasteiger partial charge in [-0.1, -0.05) is 15.9 Å². The number of hydrogen-bond donors (Lipinski definition) is 2. The predicted octanol–water partition coefficient (Wildman–Crippen LogP) is 5.06. The number of anilines is 1. The van der Waals surface area contributed by atoms with Crippen molar-refractivity contribution in [1.29, 1.82) is 0 Å². The summed E-state index contributed by atoms with van der Waals surface area (Å²) in [4.78, 5) is 0. The third-order valence-electron chi connectivity index (χ3n) is 4.17. The van der Waals surface area contributed by atoms with Gasteiger partial charge in [-0.2, -0.15) is 8.78 Å². The molecule has 0 saturated carbocycles. The van der Waals surface area contributed by atoms with Crippen molar-refractivity contribution in [2.24, 2.45) is 0 Å². The highest BCUT2D eigenvalue weighted by molar-refractivity contribution is 9.10. The number of alkyl halides is 3. The molecule has 0 radical (unpaired) electrons. The Hall–Kier alpha value is -3.08. The van der Waals surface area contributed by atoms with Crippen LogP contribution in [0.4, 0.5) is 18.9 Å². The lowest BCUT2D eigenvalue weighted by atomic mass is 10.1. The zero-order chi connectivity index (χ0) is 20.4. The van der Waals surface area contributed by atoms with Crippen LogP contribution in [0.1, 0.15) is 11.1 Å². The molecular weight excluding hydrogens is 455 g/mol. The normalized spacial score (nSPS) is 11.3. The molecule has 2 aromatic carbocycles. The number of fused-ring (bicyclic) bond motifs is 1. The van der Waals surface area contributed by atoms with Crippen molar-refractivity contribution in [2.75, 3.05) is 5.32 Å². The zero-order valence-electron chi connectivity index (χ0n) is 14.6. The number of hydrogen-bond acceptors (Lipinski definition) is 6. The number of furan rings is 1. The fraction of sp³-hybridized carbons (Fsp3) is 0.167. The minimum atomic E-state index is -3.01. The van der Waals surface area contributed by atoms with Gasteiger partial charge in [-0.15, -0.1) is 5.10 Å². The van der Waals surface area contributed by atoms with Gasteiger partial charge in [0.2, 0.25) is 5.82 Å². The molecule has 150 valence electrons. The molecule has 0 bridgehead atoms. The van der Waals surface area contributed by atoms with E-state index in [1.165, 1.54) is 12.1 Å². The lowest BCUT2D eigenvalue weighted by molar-refractivity contribution is -0.0506. The molecule has 2 heterocycles. The molecule has 7 nitrogen and oxygen atoms in total. The van der Waals surface area contributed by atoms with E-state index in [0.717, 1.165) is 15.4 Å². The average molecular weight is 468 g/mol. The first-order valence-corrected chi connectivity index (χ1v) is 9.16. The molecule has 0 fully saturated rings. The average Bonchev–Trinajstić information content (AvgIpc) is 3.36. The van der Waals surface area contributed by atoms with E-state index in [4.69, 9.17) is 4.42 Å². The molecule has 4 aromatic rings. The third-order valence-corrected chi connectivity index (χ3v) is 4.91. The number of rotatable bonds is 7. The molecular formula is C18H13BrF3N5O2. The minimum absolute atomic E-state index is 0.0427. The molecule has 0 spiro atoms. The van der Waals surface area contributed by atoms with Crippen LogP contribution in [-0.4, -0.2) is 27.2 Å². The van der Waals surface area contributed by atoms with Gasteiger partial charge in [0.1, 0.15) is 18.0 Å². The third kappa shape index (κ3) is 4.19. The van der Waals surface area contributed by atoms with Crippen molar-refractivity contribution in [3.8, 4) is 17.3 Å². The van der Waals surface area contributed by atoms with Crippen LogP contribution in [-0.2, 0) is 13.2 Å². The topological polar surface area (TPSA) is 88.9 Å². The van der Waals surface area contributed by atoms with Crippen LogP contribution < -0.4 is 10.1 Å². The van der Waals surface area contributed by atoms with E-state index < -0.39 is 13.3 Å². The van der Waals surface area contributed by atoms with Crippen molar-refractivity contribution < 1.29 is 22.3 Å². The SMILES string of the molecule is FCc1cc(NCc2cc3oc(-c4nnn[nH]4)cc3cc2Br)ccc1OC(F)F. The molecule has 0 aliphatic heterocycles. The van der Waals surface area contributed by atoms with Crippen LogP contribution in [0, 0.1) is 0 Å². The summed E-state index contributed by atoms with van der Waals surface area (Å²) in [5.41, 5.74) is 2.13. The summed E-state index contributed by atoms with van der Waals surface area (Å²) in [6.45, 7) is -3.54. The maximum absolute atomic E-state index is 13.1. The van der Waals surface area contributed by atoms with Crippen molar-refractivity contribution in [1.82, 2.24) is 20.6 Å². The summed E-state index contributed by atoms with van der Waals surface area (Å²) in [6.07, 6.45) is 0. The Morgan fingerprint density at radius 2 is 2.03 bits per heavy atom. The van der Waals surface area contributed by atoms with Crippen LogP contribution in [0.2, 0.25) is 0 Å². The Morgan fingerprint density at radius 1 is 1.17 bits per heavy atom. The molecule has 0 aliphatic carbocycles. The lowest BCUT2D eigenvalue weighted by Gasteiger charge is -2.12. The molecule has 11 heteroatoms. The van der Waals surface area contributed by atoms with Crippen molar-refractivity contribution in [3.05, 3.63) is 52.0 Å². The minimum Gasteiger partial charge on any atom is -0.453 e. The molecule has 29 heavy (non-hydrogen) atoms. The second kappa shape index (κ2) is 8.11. The molecule has 0 aliphatic rings. The highest BCUT2D eigenvalue weighted by Gasteiger charge is 2.13. The Kier molecular flexibility index (Phi) is 5.38. The second-order valence-electron chi connectivity index (χ2n) is 6.03. The number of nitrogens with zero attached hydrogens (tertiary/aromatic N) is 3. The van der Waals surface area contributed by atoms with E-state index in [9.17, 15) is 13.2 Å². The first-order chi connectivity index (χ1) is 14.0. The van der Waals surface area contributed by atoms with E-state index in [0.29, 0.717) is 29.4 Å². The maximum Gasteiger partial charge on any atom is 0.387 e. The highest BCUT2D eigenvalue weighted by atomic mass is 79.9. The molecule has 0 unspecified atom stereocenters. The largest absolute Gasteiger partial charge is 0.453 e. The van der Waals surface area contributed by atoms with Gasteiger partial charge in [-0.05, 0) is 52.4 Å². The zero-order valence-corrected chi connectivity index (χ0v) is 16.2. The molecule has 0 atom stereocenters. The van der Waals surface area contributed by atoms with Crippen molar-refractivity contribution in [2.45, 2.75) is 19.8 Å². The standard InChI is InChI=1S/C18H13BrF3N5O2/c19-13-4-9-5-16(17-24-26-27-25-17)28-15(9)6-11(13)8-23-12-1-2-14(29-18(21)22)10(3-12)7-20/h1-6,18,23H,7-8H2,(H,24,25,26,27). The van der Waals surface area contributed by atoms with Crippen molar-refractivity contribution >= 4 is 32.6 Å². The number of aromatic nitrogens is 4. The Balaban J connectivity index is 1.54. The number of nitrogens with one attached hydrogen (secondary N) is 2. The maximum atomic E-state index is 13.1. The summed E-state index contributed by atoms with van der Waals surface area (Å²) in [5, 5.41) is 17.5. The molecule has 0 amide bonds. The van der Waals surface area contributed by atoms with Gasteiger partial charge in [0.15, 0.2) is 5.76 Å². The van der Waals surface area contributed by atoms with Gasteiger partial charge in [-0.3, -0.25) is 0 Å². The van der Waals surface area contributed by atoms with Crippen LogP contribution >= 0.6 is 15.9 Å². The van der Waals surface area contributed by atoms with Gasteiger partial charge in [-0.25, -0.2) is 9.49 Å². The fourth-order valence-electron chi connectivity index (χ4n) is 2.82. The number of benzene rings is 2. The van der Waals surface area contributed by atoms with Crippen LogP contribution in [0.15, 0.2) is 45.3 Å². The molecule has 2 N–H and O–H groups in total. The van der Waals surface area contributed by atoms with E-state index in [-0.39, 0.29) is 11.3 Å². The fourth-order valence-corrected chi connectivity index (χ4v) is 3.32. The summed E-state index contributed by atoms with van der Waals surface area (Å²) >= 11 is 3.52. The summed E-state index contributed by atoms with van der Waals surface area (Å²) in [7, 11) is 0. The first-order valence-electron chi connectivity index (χ1n) is 8.37. The lowest BCUT2D eigenvalue weighted by Crippen LogP contribution is -2.05. The van der Waals surface area contributed by atoms with Crippen molar-refractivity contribution in [3.63, 3.8) is 0 Å². The van der Waals surface area contributed by atoms with E-state index in [1.54, 1.807) is 6.07 Å². The second-order valence-corrected chi connectivity index (χ2v) is 6.88. The Bertz CT molecular complexity index is 1130.